The molecule has 0 unspecified atom stereocenters. The number of carbonyl (C=O) groups excluding carboxylic acids is 1. The SMILES string of the molecule is CCCCN(C(=O)CN1CCS[C@H]2CCCC[C@@H]21)c1c(N)n(CCC)c(=O)[nH]c1=O. The molecule has 9 heteroatoms. The number of nitrogens with one attached hydrogen (secondary N) is 1. The van der Waals surface area contributed by atoms with Crippen LogP contribution in [0.1, 0.15) is 58.8 Å². The van der Waals surface area contributed by atoms with Gasteiger partial charge >= 0.3 is 5.69 Å². The highest BCUT2D eigenvalue weighted by Gasteiger charge is 2.36. The van der Waals surface area contributed by atoms with Gasteiger partial charge in [0, 0.05) is 36.7 Å². The number of nitrogens with two attached hydrogens (primary N) is 1. The number of nitrogen functional groups attached to an aromatic ring is 1. The van der Waals surface area contributed by atoms with E-state index in [0.717, 1.165) is 31.6 Å². The van der Waals surface area contributed by atoms with E-state index < -0.39 is 11.2 Å². The number of nitrogens with zero attached hydrogens (tertiary/aromatic N) is 3. The summed E-state index contributed by atoms with van der Waals surface area (Å²) in [6.07, 6.45) is 7.18. The largest absolute Gasteiger partial charge is 0.383 e. The number of hydrogen-bond acceptors (Lipinski definition) is 6. The summed E-state index contributed by atoms with van der Waals surface area (Å²) in [4.78, 5) is 44.5. The van der Waals surface area contributed by atoms with Crippen molar-refractivity contribution in [3.8, 4) is 0 Å². The van der Waals surface area contributed by atoms with Crippen molar-refractivity contribution in [2.24, 2.45) is 0 Å². The number of aromatic nitrogens is 2. The predicted octanol–water partition coefficient (Wildman–Crippen LogP) is 2.02. The van der Waals surface area contributed by atoms with Gasteiger partial charge in [0.05, 0.1) is 6.54 Å². The van der Waals surface area contributed by atoms with Crippen molar-refractivity contribution in [1.29, 1.82) is 0 Å². The average molecular weight is 438 g/mol. The lowest BCUT2D eigenvalue weighted by Gasteiger charge is -2.43. The molecule has 8 nitrogen and oxygen atoms in total. The van der Waals surface area contributed by atoms with Gasteiger partial charge in [0.25, 0.3) is 5.56 Å². The number of carbonyl (C=O) groups is 1. The van der Waals surface area contributed by atoms with Gasteiger partial charge in [-0.2, -0.15) is 11.8 Å². The first-order chi connectivity index (χ1) is 14.5. The molecule has 0 bridgehead atoms. The molecule has 1 saturated carbocycles. The van der Waals surface area contributed by atoms with Crippen LogP contribution in [0.3, 0.4) is 0 Å². The van der Waals surface area contributed by atoms with Gasteiger partial charge in [0.1, 0.15) is 5.82 Å². The van der Waals surface area contributed by atoms with Crippen LogP contribution in [0, 0.1) is 0 Å². The number of amides is 1. The van der Waals surface area contributed by atoms with E-state index in [1.165, 1.54) is 28.7 Å². The van der Waals surface area contributed by atoms with Crippen LogP contribution in [0.4, 0.5) is 11.5 Å². The number of hydrogen-bond donors (Lipinski definition) is 2. The predicted molar refractivity (Wildman–Crippen MR) is 123 cm³/mol. The molecule has 1 aromatic rings. The van der Waals surface area contributed by atoms with Crippen molar-refractivity contribution in [2.45, 2.75) is 76.6 Å². The van der Waals surface area contributed by atoms with Crippen molar-refractivity contribution in [2.75, 3.05) is 36.0 Å². The summed E-state index contributed by atoms with van der Waals surface area (Å²) >= 11 is 2.03. The molecule has 1 aromatic heterocycles. The fourth-order valence-corrected chi connectivity index (χ4v) is 6.10. The van der Waals surface area contributed by atoms with E-state index in [2.05, 4.69) is 9.88 Å². The second-order valence-corrected chi connectivity index (χ2v) is 9.62. The molecule has 3 N–H and O–H groups in total. The summed E-state index contributed by atoms with van der Waals surface area (Å²) < 4.78 is 1.36. The van der Waals surface area contributed by atoms with Gasteiger partial charge in [-0.05, 0) is 25.7 Å². The van der Waals surface area contributed by atoms with Crippen LogP contribution < -0.4 is 21.9 Å². The number of rotatable bonds is 8. The zero-order valence-corrected chi connectivity index (χ0v) is 19.0. The van der Waals surface area contributed by atoms with Crippen LogP contribution in [0.15, 0.2) is 9.59 Å². The first-order valence-corrected chi connectivity index (χ1v) is 12.3. The Balaban J connectivity index is 1.89. The Morgan fingerprint density at radius 2 is 2.00 bits per heavy atom. The van der Waals surface area contributed by atoms with Gasteiger partial charge in [0.15, 0.2) is 5.69 Å². The Morgan fingerprint density at radius 3 is 2.73 bits per heavy atom. The summed E-state index contributed by atoms with van der Waals surface area (Å²) in [7, 11) is 0. The van der Waals surface area contributed by atoms with E-state index >= 15 is 0 Å². The van der Waals surface area contributed by atoms with Crippen molar-refractivity contribution >= 4 is 29.2 Å². The number of anilines is 2. The Labute approximate surface area is 182 Å². The molecule has 1 aliphatic carbocycles. The van der Waals surface area contributed by atoms with Crippen LogP contribution >= 0.6 is 11.8 Å². The van der Waals surface area contributed by atoms with Crippen molar-refractivity contribution < 1.29 is 4.79 Å². The van der Waals surface area contributed by atoms with Crippen LogP contribution in [0.5, 0.6) is 0 Å². The minimum atomic E-state index is -0.584. The van der Waals surface area contributed by atoms with Gasteiger partial charge in [-0.15, -0.1) is 0 Å². The highest BCUT2D eigenvalue weighted by atomic mass is 32.2. The maximum atomic E-state index is 13.4. The average Bonchev–Trinajstić information content (AvgIpc) is 2.73. The molecule has 168 valence electrons. The topological polar surface area (TPSA) is 104 Å². The summed E-state index contributed by atoms with van der Waals surface area (Å²) in [5.74, 6) is 1.01. The molecule has 1 saturated heterocycles. The second-order valence-electron chi connectivity index (χ2n) is 8.28. The van der Waals surface area contributed by atoms with E-state index in [1.807, 2.05) is 25.6 Å². The highest BCUT2D eigenvalue weighted by molar-refractivity contribution is 8.00. The van der Waals surface area contributed by atoms with Crippen LogP contribution in [-0.2, 0) is 11.3 Å². The van der Waals surface area contributed by atoms with E-state index in [-0.39, 0.29) is 24.0 Å². The maximum Gasteiger partial charge on any atom is 0.330 e. The third-order valence-electron chi connectivity index (χ3n) is 6.15. The monoisotopic (exact) mass is 437 g/mol. The van der Waals surface area contributed by atoms with E-state index in [0.29, 0.717) is 30.8 Å². The van der Waals surface area contributed by atoms with E-state index in [9.17, 15) is 14.4 Å². The minimum Gasteiger partial charge on any atom is -0.383 e. The fraction of sp³-hybridized carbons (Fsp3) is 0.762. The molecule has 0 aromatic carbocycles. The third kappa shape index (κ3) is 4.94. The number of unbranched alkanes of at least 4 members (excludes halogenated alkanes) is 1. The van der Waals surface area contributed by atoms with E-state index in [1.54, 1.807) is 0 Å². The molecular formula is C21H35N5O3S. The van der Waals surface area contributed by atoms with Gasteiger partial charge in [-0.1, -0.05) is 33.1 Å². The molecule has 2 aliphatic rings. The summed E-state index contributed by atoms with van der Waals surface area (Å²) in [6, 6.07) is 0.430. The number of aromatic amines is 1. The van der Waals surface area contributed by atoms with Gasteiger partial charge < -0.3 is 10.6 Å². The maximum absolute atomic E-state index is 13.4. The summed E-state index contributed by atoms with van der Waals surface area (Å²) in [5, 5.41) is 0.601. The molecule has 2 heterocycles. The molecule has 2 atom stereocenters. The fourth-order valence-electron chi connectivity index (χ4n) is 4.59. The summed E-state index contributed by atoms with van der Waals surface area (Å²) in [6.45, 7) is 5.98. The lowest BCUT2D eigenvalue weighted by molar-refractivity contribution is -0.120. The van der Waals surface area contributed by atoms with Crippen molar-refractivity contribution in [3.05, 3.63) is 20.8 Å². The lowest BCUT2D eigenvalue weighted by atomic mass is 9.93. The molecule has 1 amide bonds. The number of thioether (sulfide) groups is 1. The molecular weight excluding hydrogens is 402 g/mol. The van der Waals surface area contributed by atoms with Gasteiger partial charge in [0.2, 0.25) is 5.91 Å². The zero-order valence-electron chi connectivity index (χ0n) is 18.2. The lowest BCUT2D eigenvalue weighted by Crippen LogP contribution is -2.53. The minimum absolute atomic E-state index is 0.0831. The molecule has 1 aliphatic heterocycles. The smallest absolute Gasteiger partial charge is 0.330 e. The first kappa shape index (κ1) is 22.9. The van der Waals surface area contributed by atoms with Gasteiger partial charge in [-0.3, -0.25) is 24.0 Å². The molecule has 0 spiro atoms. The number of fused-ring (bicyclic) bond motifs is 1. The van der Waals surface area contributed by atoms with Crippen LogP contribution in [-0.4, -0.2) is 57.0 Å². The van der Waals surface area contributed by atoms with Crippen LogP contribution in [0.2, 0.25) is 0 Å². The Hall–Kier alpha value is -1.74. The molecule has 30 heavy (non-hydrogen) atoms. The van der Waals surface area contributed by atoms with Crippen molar-refractivity contribution in [1.82, 2.24) is 14.5 Å². The Bertz CT molecular complexity index is 850. The second kappa shape index (κ2) is 10.5. The summed E-state index contributed by atoms with van der Waals surface area (Å²) in [5.41, 5.74) is 5.26. The first-order valence-electron chi connectivity index (χ1n) is 11.3. The van der Waals surface area contributed by atoms with E-state index in [4.69, 9.17) is 5.73 Å². The molecule has 0 radical (unpaired) electrons. The third-order valence-corrected chi connectivity index (χ3v) is 7.55. The number of H-pyrrole nitrogens is 1. The van der Waals surface area contributed by atoms with Crippen molar-refractivity contribution in [3.63, 3.8) is 0 Å². The van der Waals surface area contributed by atoms with Gasteiger partial charge in [-0.25, -0.2) is 4.79 Å². The van der Waals surface area contributed by atoms with Crippen LogP contribution in [0.25, 0.3) is 0 Å². The Kier molecular flexibility index (Phi) is 8.05. The zero-order chi connectivity index (χ0) is 21.7. The Morgan fingerprint density at radius 1 is 1.23 bits per heavy atom. The molecule has 2 fully saturated rings. The highest BCUT2D eigenvalue weighted by Crippen LogP contribution is 2.35. The molecule has 3 rings (SSSR count). The quantitative estimate of drug-likeness (QED) is 0.645. The normalized spacial score (nSPS) is 21.9. The standard InChI is InChI=1S/C21H35N5O3S/c1-3-5-11-25(18-19(22)26(10-4-2)21(29)23-20(18)28)17(27)14-24-12-13-30-16-9-7-6-8-15(16)24/h15-16H,3-14,22H2,1-2H3,(H,23,28,29)/t15-,16-/m0/s1.